The zero-order valence-electron chi connectivity index (χ0n) is 13.9. The van der Waals surface area contributed by atoms with Gasteiger partial charge in [0.15, 0.2) is 0 Å². The summed E-state index contributed by atoms with van der Waals surface area (Å²) in [7, 11) is 0. The van der Waals surface area contributed by atoms with Gasteiger partial charge in [-0.2, -0.15) is 0 Å². The molecule has 2 aromatic rings. The van der Waals surface area contributed by atoms with E-state index in [1.54, 1.807) is 0 Å². The molecule has 24 heavy (non-hydrogen) atoms. The number of hydrogen-bond acceptors (Lipinski definition) is 2. The quantitative estimate of drug-likeness (QED) is 0.867. The minimum atomic E-state index is -0.211. The fourth-order valence-electron chi connectivity index (χ4n) is 3.75. The predicted molar refractivity (Wildman–Crippen MR) is 94.8 cm³/mol. The molecule has 4 rings (SSSR count). The van der Waals surface area contributed by atoms with E-state index in [0.717, 1.165) is 29.3 Å². The van der Waals surface area contributed by atoms with Crippen LogP contribution in [-0.4, -0.2) is 35.8 Å². The van der Waals surface area contributed by atoms with Crippen molar-refractivity contribution in [2.45, 2.75) is 32.2 Å². The summed E-state index contributed by atoms with van der Waals surface area (Å²) in [5, 5.41) is 2.21. The van der Waals surface area contributed by atoms with Crippen molar-refractivity contribution >= 4 is 28.3 Å². The van der Waals surface area contributed by atoms with Crippen LogP contribution < -0.4 is 4.90 Å². The van der Waals surface area contributed by atoms with Crippen LogP contribution in [0.2, 0.25) is 0 Å². The van der Waals surface area contributed by atoms with Crippen molar-refractivity contribution in [2.75, 3.05) is 18.0 Å². The maximum Gasteiger partial charge on any atom is 0.232 e. The van der Waals surface area contributed by atoms with E-state index in [-0.39, 0.29) is 17.7 Å². The van der Waals surface area contributed by atoms with Crippen molar-refractivity contribution in [2.24, 2.45) is 5.92 Å². The molecular formula is C20H22N2O2. The minimum Gasteiger partial charge on any atom is -0.339 e. The van der Waals surface area contributed by atoms with Gasteiger partial charge in [-0.05, 0) is 31.2 Å². The Hall–Kier alpha value is -2.36. The second kappa shape index (κ2) is 5.93. The average Bonchev–Trinajstić information content (AvgIpc) is 3.37. The Morgan fingerprint density at radius 1 is 1.17 bits per heavy atom. The minimum absolute atomic E-state index is 0.0744. The number of nitrogens with zero attached hydrogens (tertiary/aromatic N) is 2. The lowest BCUT2D eigenvalue weighted by molar-refractivity contribution is -0.128. The van der Waals surface area contributed by atoms with Gasteiger partial charge in [-0.25, -0.2) is 0 Å². The molecule has 0 bridgehead atoms. The Balaban J connectivity index is 1.63. The zero-order valence-corrected chi connectivity index (χ0v) is 13.9. The van der Waals surface area contributed by atoms with E-state index in [1.165, 1.54) is 0 Å². The summed E-state index contributed by atoms with van der Waals surface area (Å²) in [4.78, 5) is 29.0. The third-order valence-corrected chi connectivity index (χ3v) is 5.14. The van der Waals surface area contributed by atoms with Crippen molar-refractivity contribution in [3.63, 3.8) is 0 Å². The first-order valence-electron chi connectivity index (χ1n) is 8.77. The molecule has 2 fully saturated rings. The number of rotatable bonds is 4. The maximum absolute atomic E-state index is 13.1. The molecule has 1 heterocycles. The molecule has 124 valence electrons. The molecule has 1 atom stereocenters. The molecule has 0 spiro atoms. The first-order valence-corrected chi connectivity index (χ1v) is 8.77. The lowest BCUT2D eigenvalue weighted by Gasteiger charge is -2.25. The monoisotopic (exact) mass is 322 g/mol. The number of likely N-dealkylation sites (tertiary alicyclic amines) is 1. The largest absolute Gasteiger partial charge is 0.339 e. The molecule has 1 aliphatic heterocycles. The summed E-state index contributed by atoms with van der Waals surface area (Å²) in [6, 6.07) is 14.6. The molecule has 4 nitrogen and oxygen atoms in total. The van der Waals surface area contributed by atoms with Crippen LogP contribution >= 0.6 is 0 Å². The number of anilines is 1. The number of carbonyl (C=O) groups excluding carboxylic acids is 2. The van der Waals surface area contributed by atoms with E-state index in [9.17, 15) is 9.59 Å². The molecule has 2 aromatic carbocycles. The zero-order chi connectivity index (χ0) is 16.7. The van der Waals surface area contributed by atoms with Crippen LogP contribution in [0, 0.1) is 5.92 Å². The Morgan fingerprint density at radius 2 is 1.92 bits per heavy atom. The molecule has 1 unspecified atom stereocenters. The number of amides is 2. The van der Waals surface area contributed by atoms with Crippen LogP contribution in [0.4, 0.5) is 5.69 Å². The van der Waals surface area contributed by atoms with Crippen LogP contribution in [0.25, 0.3) is 10.8 Å². The van der Waals surface area contributed by atoms with Gasteiger partial charge in [0.05, 0.1) is 11.6 Å². The van der Waals surface area contributed by atoms with Crippen LogP contribution in [0.5, 0.6) is 0 Å². The van der Waals surface area contributed by atoms with Crippen molar-refractivity contribution in [1.82, 2.24) is 4.90 Å². The summed E-state index contributed by atoms with van der Waals surface area (Å²) in [5.74, 6) is 0.00666. The first kappa shape index (κ1) is 15.2. The van der Waals surface area contributed by atoms with Crippen LogP contribution in [0.3, 0.4) is 0 Å². The second-order valence-electron chi connectivity index (χ2n) is 6.76. The summed E-state index contributed by atoms with van der Waals surface area (Å²) < 4.78 is 0. The van der Waals surface area contributed by atoms with E-state index in [1.807, 2.05) is 41.0 Å². The number of carbonyl (C=O) groups is 2. The van der Waals surface area contributed by atoms with Gasteiger partial charge >= 0.3 is 0 Å². The lowest BCUT2D eigenvalue weighted by Crippen LogP contribution is -2.37. The van der Waals surface area contributed by atoms with Crippen LogP contribution in [0.1, 0.15) is 26.2 Å². The highest BCUT2D eigenvalue weighted by atomic mass is 16.2. The van der Waals surface area contributed by atoms with Gasteiger partial charge in [0.25, 0.3) is 0 Å². The van der Waals surface area contributed by atoms with Gasteiger partial charge in [0.1, 0.15) is 0 Å². The SMILES string of the molecule is CCN(C(=O)C1CC(=O)N(C2CC2)C1)c1cccc2ccccc12. The van der Waals surface area contributed by atoms with Gasteiger partial charge in [-0.15, -0.1) is 0 Å². The molecular weight excluding hydrogens is 300 g/mol. The second-order valence-corrected chi connectivity index (χ2v) is 6.76. The van der Waals surface area contributed by atoms with E-state index in [4.69, 9.17) is 0 Å². The third kappa shape index (κ3) is 2.56. The normalized spacial score (nSPS) is 20.6. The average molecular weight is 322 g/mol. The van der Waals surface area contributed by atoms with Crippen molar-refractivity contribution in [3.05, 3.63) is 42.5 Å². The Labute approximate surface area is 142 Å². The van der Waals surface area contributed by atoms with Crippen molar-refractivity contribution in [1.29, 1.82) is 0 Å². The van der Waals surface area contributed by atoms with Gasteiger partial charge in [-0.3, -0.25) is 9.59 Å². The number of hydrogen-bond donors (Lipinski definition) is 0. The Morgan fingerprint density at radius 3 is 2.67 bits per heavy atom. The van der Waals surface area contributed by atoms with Gasteiger partial charge < -0.3 is 9.80 Å². The summed E-state index contributed by atoms with van der Waals surface area (Å²) in [6.45, 7) is 3.19. The van der Waals surface area contributed by atoms with E-state index in [2.05, 4.69) is 18.2 Å². The molecule has 1 saturated carbocycles. The van der Waals surface area contributed by atoms with Gasteiger partial charge in [-0.1, -0.05) is 36.4 Å². The highest BCUT2D eigenvalue weighted by Crippen LogP contribution is 2.34. The Bertz CT molecular complexity index is 792. The topological polar surface area (TPSA) is 40.6 Å². The molecule has 0 aromatic heterocycles. The number of fused-ring (bicyclic) bond motifs is 1. The Kier molecular flexibility index (Phi) is 3.75. The predicted octanol–water partition coefficient (Wildman–Crippen LogP) is 3.20. The molecule has 0 radical (unpaired) electrons. The molecule has 1 aliphatic carbocycles. The van der Waals surface area contributed by atoms with Crippen LogP contribution in [0.15, 0.2) is 42.5 Å². The molecule has 2 amide bonds. The van der Waals surface area contributed by atoms with Crippen molar-refractivity contribution < 1.29 is 9.59 Å². The molecule has 2 aliphatic rings. The summed E-state index contributed by atoms with van der Waals surface area (Å²) in [6.07, 6.45) is 2.54. The fourth-order valence-corrected chi connectivity index (χ4v) is 3.75. The summed E-state index contributed by atoms with van der Waals surface area (Å²) in [5.41, 5.74) is 0.943. The molecule has 1 saturated heterocycles. The lowest BCUT2D eigenvalue weighted by atomic mass is 10.0. The first-order chi connectivity index (χ1) is 11.7. The van der Waals surface area contributed by atoms with E-state index in [0.29, 0.717) is 25.6 Å². The summed E-state index contributed by atoms with van der Waals surface area (Å²) >= 11 is 0. The van der Waals surface area contributed by atoms with E-state index < -0.39 is 0 Å². The number of benzene rings is 2. The smallest absolute Gasteiger partial charge is 0.232 e. The molecule has 0 N–H and O–H groups in total. The maximum atomic E-state index is 13.1. The van der Waals surface area contributed by atoms with Crippen molar-refractivity contribution in [3.8, 4) is 0 Å². The van der Waals surface area contributed by atoms with Gasteiger partial charge in [0.2, 0.25) is 11.8 Å². The highest BCUT2D eigenvalue weighted by molar-refractivity contribution is 6.05. The van der Waals surface area contributed by atoms with Gasteiger partial charge in [0, 0.05) is 30.9 Å². The standard InChI is InChI=1S/C20H22N2O2/c1-2-21(18-9-5-7-14-6-3-4-8-17(14)18)20(24)15-12-19(23)22(13-15)16-10-11-16/h3-9,15-16H,2,10-13H2,1H3. The fraction of sp³-hybridized carbons (Fsp3) is 0.400. The van der Waals surface area contributed by atoms with E-state index >= 15 is 0 Å². The van der Waals surface area contributed by atoms with Crippen LogP contribution in [-0.2, 0) is 9.59 Å². The highest BCUT2D eigenvalue weighted by Gasteiger charge is 2.42. The molecule has 4 heteroatoms. The third-order valence-electron chi connectivity index (χ3n) is 5.14.